The van der Waals surface area contributed by atoms with Crippen molar-refractivity contribution >= 4 is 15.9 Å². The highest BCUT2D eigenvalue weighted by atomic mass is 79.9. The van der Waals surface area contributed by atoms with E-state index in [1.807, 2.05) is 0 Å². The van der Waals surface area contributed by atoms with Crippen molar-refractivity contribution in [2.24, 2.45) is 5.73 Å². The van der Waals surface area contributed by atoms with E-state index in [0.717, 1.165) is 22.2 Å². The molecule has 0 aliphatic heterocycles. The first-order valence-electron chi connectivity index (χ1n) is 5.83. The lowest BCUT2D eigenvalue weighted by Gasteiger charge is -2.17. The van der Waals surface area contributed by atoms with Crippen LogP contribution < -0.4 is 5.73 Å². The van der Waals surface area contributed by atoms with Crippen LogP contribution in [-0.4, -0.2) is 4.98 Å². The van der Waals surface area contributed by atoms with Crippen LogP contribution in [0.25, 0.3) is 0 Å². The average Bonchev–Trinajstić information content (AvgIpc) is 2.36. The predicted molar refractivity (Wildman–Crippen MR) is 74.1 cm³/mol. The van der Waals surface area contributed by atoms with E-state index < -0.39 is 17.8 Å². The first kappa shape index (κ1) is 15.0. The predicted octanol–water partition coefficient (Wildman–Crippen LogP) is 4.22. The van der Waals surface area contributed by atoms with Crippen molar-refractivity contribution in [2.45, 2.75) is 19.1 Å². The van der Waals surface area contributed by atoms with Crippen molar-refractivity contribution in [2.75, 3.05) is 0 Å². The van der Waals surface area contributed by atoms with Crippen LogP contribution in [0, 0.1) is 6.92 Å². The zero-order valence-corrected chi connectivity index (χ0v) is 12.2. The van der Waals surface area contributed by atoms with Crippen LogP contribution >= 0.6 is 15.9 Å². The van der Waals surface area contributed by atoms with Crippen LogP contribution in [-0.2, 0) is 6.18 Å². The lowest BCUT2D eigenvalue weighted by Crippen LogP contribution is -2.15. The maximum atomic E-state index is 12.6. The van der Waals surface area contributed by atoms with Crippen LogP contribution in [0.2, 0.25) is 0 Å². The van der Waals surface area contributed by atoms with Gasteiger partial charge < -0.3 is 5.73 Å². The number of nitrogens with zero attached hydrogens (tertiary/aromatic N) is 1. The monoisotopic (exact) mass is 344 g/mol. The largest absolute Gasteiger partial charge is 0.416 e. The Morgan fingerprint density at radius 3 is 2.45 bits per heavy atom. The Morgan fingerprint density at radius 2 is 1.90 bits per heavy atom. The van der Waals surface area contributed by atoms with Gasteiger partial charge in [-0.2, -0.15) is 13.2 Å². The Morgan fingerprint density at radius 1 is 1.20 bits per heavy atom. The van der Waals surface area contributed by atoms with Crippen molar-refractivity contribution < 1.29 is 13.2 Å². The number of halogens is 4. The number of rotatable bonds is 2. The zero-order chi connectivity index (χ0) is 14.9. The van der Waals surface area contributed by atoms with Gasteiger partial charge in [0.05, 0.1) is 11.6 Å². The molecule has 20 heavy (non-hydrogen) atoms. The van der Waals surface area contributed by atoms with Crippen molar-refractivity contribution in [3.63, 3.8) is 0 Å². The van der Waals surface area contributed by atoms with Gasteiger partial charge in [0, 0.05) is 16.9 Å². The number of aromatic nitrogens is 1. The molecule has 2 nitrogen and oxygen atoms in total. The summed E-state index contributed by atoms with van der Waals surface area (Å²) in [6, 6.07) is 4.87. The number of hydrogen-bond acceptors (Lipinski definition) is 2. The van der Waals surface area contributed by atoms with Gasteiger partial charge in [-0.05, 0) is 57.7 Å². The summed E-state index contributed by atoms with van der Waals surface area (Å²) in [5, 5.41) is 0. The molecule has 0 aliphatic rings. The molecule has 0 fully saturated rings. The summed E-state index contributed by atoms with van der Waals surface area (Å²) in [6.45, 7) is 1.62. The van der Waals surface area contributed by atoms with Crippen LogP contribution in [0.5, 0.6) is 0 Å². The maximum absolute atomic E-state index is 12.6. The summed E-state index contributed by atoms with van der Waals surface area (Å²) in [4.78, 5) is 4.01. The van der Waals surface area contributed by atoms with E-state index in [1.54, 1.807) is 25.4 Å². The molecule has 1 unspecified atom stereocenters. The van der Waals surface area contributed by atoms with Gasteiger partial charge in [0.15, 0.2) is 0 Å². The van der Waals surface area contributed by atoms with Crippen LogP contribution in [0.4, 0.5) is 13.2 Å². The lowest BCUT2D eigenvalue weighted by atomic mass is 9.95. The second-order valence-electron chi connectivity index (χ2n) is 4.48. The van der Waals surface area contributed by atoms with E-state index in [1.165, 1.54) is 6.07 Å². The summed E-state index contributed by atoms with van der Waals surface area (Å²) in [5.74, 6) is 0. The molecule has 2 N–H and O–H groups in total. The minimum absolute atomic E-state index is 0.507. The number of alkyl halides is 3. The molecule has 2 aromatic rings. The topological polar surface area (TPSA) is 38.9 Å². The molecule has 1 heterocycles. The summed E-state index contributed by atoms with van der Waals surface area (Å²) in [5.41, 5.74) is 7.33. The standard InChI is InChI=1S/C14H12BrF3N2/c1-8-4-10(14(16,17)18)2-3-12(8)13(19)9-5-11(15)7-20-6-9/h2-7,13H,19H2,1H3. The molecule has 0 radical (unpaired) electrons. The molecular formula is C14H12BrF3N2. The number of pyridine rings is 1. The van der Waals surface area contributed by atoms with Crippen LogP contribution in [0.15, 0.2) is 41.1 Å². The van der Waals surface area contributed by atoms with Gasteiger partial charge in [-0.25, -0.2) is 0 Å². The Hall–Kier alpha value is -1.40. The molecule has 0 aliphatic carbocycles. The summed E-state index contributed by atoms with van der Waals surface area (Å²) < 4.78 is 38.7. The molecule has 0 bridgehead atoms. The minimum atomic E-state index is -4.34. The average molecular weight is 345 g/mol. The van der Waals surface area contributed by atoms with Gasteiger partial charge in [0.1, 0.15) is 0 Å². The maximum Gasteiger partial charge on any atom is 0.416 e. The molecule has 106 valence electrons. The Bertz CT molecular complexity index is 626. The first-order valence-corrected chi connectivity index (χ1v) is 6.62. The van der Waals surface area contributed by atoms with E-state index in [-0.39, 0.29) is 0 Å². The van der Waals surface area contributed by atoms with Crippen molar-refractivity contribution in [1.29, 1.82) is 0 Å². The highest BCUT2D eigenvalue weighted by Gasteiger charge is 2.31. The molecule has 0 amide bonds. The first-order chi connectivity index (χ1) is 9.29. The minimum Gasteiger partial charge on any atom is -0.320 e. The van der Waals surface area contributed by atoms with Gasteiger partial charge in [-0.1, -0.05) is 6.07 Å². The second-order valence-corrected chi connectivity index (χ2v) is 5.40. The van der Waals surface area contributed by atoms with Gasteiger partial charge >= 0.3 is 6.18 Å². The van der Waals surface area contributed by atoms with Crippen LogP contribution in [0.1, 0.15) is 28.3 Å². The quantitative estimate of drug-likeness (QED) is 0.885. The third-order valence-electron chi connectivity index (χ3n) is 3.02. The zero-order valence-electron chi connectivity index (χ0n) is 10.6. The SMILES string of the molecule is Cc1cc(C(F)(F)F)ccc1C(N)c1cncc(Br)c1. The smallest absolute Gasteiger partial charge is 0.320 e. The Kier molecular flexibility index (Phi) is 4.15. The fraction of sp³-hybridized carbons (Fsp3) is 0.214. The Labute approximate surface area is 123 Å². The fourth-order valence-corrected chi connectivity index (χ4v) is 2.36. The van der Waals surface area contributed by atoms with Crippen molar-refractivity contribution in [3.8, 4) is 0 Å². The molecule has 6 heteroatoms. The van der Waals surface area contributed by atoms with Gasteiger partial charge in [0.2, 0.25) is 0 Å². The fourth-order valence-electron chi connectivity index (χ4n) is 1.98. The van der Waals surface area contributed by atoms with E-state index in [0.29, 0.717) is 11.1 Å². The third-order valence-corrected chi connectivity index (χ3v) is 3.45. The highest BCUT2D eigenvalue weighted by Crippen LogP contribution is 2.32. The molecule has 1 atom stereocenters. The number of nitrogens with two attached hydrogens (primary N) is 1. The molecular weight excluding hydrogens is 333 g/mol. The van der Waals surface area contributed by atoms with E-state index >= 15 is 0 Å². The summed E-state index contributed by atoms with van der Waals surface area (Å²) in [7, 11) is 0. The molecule has 1 aromatic carbocycles. The lowest BCUT2D eigenvalue weighted by molar-refractivity contribution is -0.137. The third kappa shape index (κ3) is 3.19. The highest BCUT2D eigenvalue weighted by molar-refractivity contribution is 9.10. The molecule has 0 saturated carbocycles. The van der Waals surface area contributed by atoms with Gasteiger partial charge in [-0.3, -0.25) is 4.98 Å². The normalized spacial score (nSPS) is 13.3. The summed E-state index contributed by atoms with van der Waals surface area (Å²) >= 11 is 3.29. The van der Waals surface area contributed by atoms with Crippen molar-refractivity contribution in [3.05, 3.63) is 63.4 Å². The Balaban J connectivity index is 2.38. The molecule has 0 saturated heterocycles. The van der Waals surface area contributed by atoms with Crippen LogP contribution in [0.3, 0.4) is 0 Å². The van der Waals surface area contributed by atoms with Gasteiger partial charge in [-0.15, -0.1) is 0 Å². The van der Waals surface area contributed by atoms with E-state index in [2.05, 4.69) is 20.9 Å². The molecule has 0 spiro atoms. The van der Waals surface area contributed by atoms with Crippen molar-refractivity contribution in [1.82, 2.24) is 4.98 Å². The summed E-state index contributed by atoms with van der Waals surface area (Å²) in [6.07, 6.45) is -1.12. The van der Waals surface area contributed by atoms with E-state index in [4.69, 9.17) is 5.73 Å². The van der Waals surface area contributed by atoms with Gasteiger partial charge in [0.25, 0.3) is 0 Å². The number of benzene rings is 1. The number of aryl methyl sites for hydroxylation is 1. The number of hydrogen-bond donors (Lipinski definition) is 1. The molecule has 2 rings (SSSR count). The van der Waals surface area contributed by atoms with E-state index in [9.17, 15) is 13.2 Å². The second kappa shape index (κ2) is 5.54. The molecule has 1 aromatic heterocycles.